The first kappa shape index (κ1) is 14.4. The van der Waals surface area contributed by atoms with Gasteiger partial charge in [0.25, 0.3) is 0 Å². The SMILES string of the molecule is Cn1ncc2c(N3CCCC(c4nc5ccccc5o4)C3)ncnc21. The van der Waals surface area contributed by atoms with Gasteiger partial charge in [0.15, 0.2) is 17.1 Å². The minimum absolute atomic E-state index is 0.267. The smallest absolute Gasteiger partial charge is 0.200 e. The van der Waals surface area contributed by atoms with E-state index < -0.39 is 0 Å². The lowest BCUT2D eigenvalue weighted by atomic mass is 9.98. The quantitative estimate of drug-likeness (QED) is 0.561. The highest BCUT2D eigenvalue weighted by molar-refractivity contribution is 5.86. The molecule has 7 nitrogen and oxygen atoms in total. The summed E-state index contributed by atoms with van der Waals surface area (Å²) in [5, 5.41) is 5.30. The van der Waals surface area contributed by atoms with Gasteiger partial charge in [-0.2, -0.15) is 5.10 Å². The topological polar surface area (TPSA) is 72.9 Å². The molecular weight excluding hydrogens is 316 g/mol. The minimum atomic E-state index is 0.267. The van der Waals surface area contributed by atoms with Gasteiger partial charge in [-0.05, 0) is 25.0 Å². The number of anilines is 1. The Morgan fingerprint density at radius 3 is 3.04 bits per heavy atom. The molecule has 0 bridgehead atoms. The molecule has 4 aromatic rings. The van der Waals surface area contributed by atoms with Gasteiger partial charge in [0.2, 0.25) is 0 Å². The summed E-state index contributed by atoms with van der Waals surface area (Å²) in [7, 11) is 1.90. The Bertz CT molecular complexity index is 1020. The molecule has 0 aliphatic carbocycles. The molecule has 0 radical (unpaired) electrons. The highest BCUT2D eigenvalue weighted by atomic mass is 16.3. The van der Waals surface area contributed by atoms with Crippen molar-refractivity contribution in [2.24, 2.45) is 7.05 Å². The van der Waals surface area contributed by atoms with Crippen LogP contribution in [0.5, 0.6) is 0 Å². The first-order valence-corrected chi connectivity index (χ1v) is 8.53. The molecule has 1 aliphatic heterocycles. The number of oxazole rings is 1. The Labute approximate surface area is 144 Å². The molecule has 126 valence electrons. The molecule has 1 aromatic carbocycles. The van der Waals surface area contributed by atoms with E-state index in [0.717, 1.165) is 59.8 Å². The predicted molar refractivity (Wildman–Crippen MR) is 94.5 cm³/mol. The molecule has 0 N–H and O–H groups in total. The molecule has 0 amide bonds. The van der Waals surface area contributed by atoms with Crippen LogP contribution in [0.25, 0.3) is 22.1 Å². The molecule has 4 heterocycles. The normalized spacial score (nSPS) is 18.3. The van der Waals surface area contributed by atoms with Gasteiger partial charge >= 0.3 is 0 Å². The highest BCUT2D eigenvalue weighted by Gasteiger charge is 2.27. The van der Waals surface area contributed by atoms with Crippen LogP contribution in [0.4, 0.5) is 5.82 Å². The van der Waals surface area contributed by atoms with E-state index in [1.165, 1.54) is 0 Å². The standard InChI is InChI=1S/C18H18N6O/c1-23-16-13(9-21-23)17(20-11-19-16)24-8-4-5-12(10-24)18-22-14-6-2-3-7-15(14)25-18/h2-3,6-7,9,11-12H,4-5,8,10H2,1H3. The van der Waals surface area contributed by atoms with Crippen LogP contribution in [-0.2, 0) is 7.05 Å². The van der Waals surface area contributed by atoms with Crippen LogP contribution < -0.4 is 4.90 Å². The van der Waals surface area contributed by atoms with Gasteiger partial charge in [0.1, 0.15) is 17.7 Å². The van der Waals surface area contributed by atoms with Crippen molar-refractivity contribution in [3.05, 3.63) is 42.7 Å². The van der Waals surface area contributed by atoms with E-state index in [4.69, 9.17) is 4.42 Å². The molecule has 1 atom stereocenters. The number of piperidine rings is 1. The van der Waals surface area contributed by atoms with Crippen molar-refractivity contribution in [3.63, 3.8) is 0 Å². The minimum Gasteiger partial charge on any atom is -0.440 e. The number of hydrogen-bond donors (Lipinski definition) is 0. The number of aryl methyl sites for hydroxylation is 1. The maximum absolute atomic E-state index is 6.00. The van der Waals surface area contributed by atoms with Crippen molar-refractivity contribution in [1.82, 2.24) is 24.7 Å². The molecule has 0 spiro atoms. The van der Waals surface area contributed by atoms with Gasteiger partial charge < -0.3 is 9.32 Å². The molecule has 25 heavy (non-hydrogen) atoms. The van der Waals surface area contributed by atoms with E-state index in [0.29, 0.717) is 0 Å². The maximum atomic E-state index is 6.00. The molecular formula is C18H18N6O. The first-order valence-electron chi connectivity index (χ1n) is 8.53. The summed E-state index contributed by atoms with van der Waals surface area (Å²) in [6.45, 7) is 1.81. The van der Waals surface area contributed by atoms with Gasteiger partial charge in [0.05, 0.1) is 17.5 Å². The molecule has 1 aliphatic rings. The Morgan fingerprint density at radius 2 is 2.12 bits per heavy atom. The van der Waals surface area contributed by atoms with Crippen molar-refractivity contribution in [1.29, 1.82) is 0 Å². The number of para-hydroxylation sites is 2. The predicted octanol–water partition coefficient (Wildman–Crippen LogP) is 2.89. The fraction of sp³-hybridized carbons (Fsp3) is 0.333. The second-order valence-corrected chi connectivity index (χ2v) is 6.51. The molecule has 1 saturated heterocycles. The summed E-state index contributed by atoms with van der Waals surface area (Å²) in [5.74, 6) is 2.03. The highest BCUT2D eigenvalue weighted by Crippen LogP contribution is 2.32. The number of hydrogen-bond acceptors (Lipinski definition) is 6. The van der Waals surface area contributed by atoms with Crippen molar-refractivity contribution in [2.75, 3.05) is 18.0 Å². The molecule has 7 heteroatoms. The first-order chi connectivity index (χ1) is 12.3. The fourth-order valence-electron chi connectivity index (χ4n) is 3.64. The molecule has 1 unspecified atom stereocenters. The second-order valence-electron chi connectivity index (χ2n) is 6.51. The molecule has 1 fully saturated rings. The number of benzene rings is 1. The van der Waals surface area contributed by atoms with Crippen LogP contribution in [-0.4, -0.2) is 37.8 Å². The fourth-order valence-corrected chi connectivity index (χ4v) is 3.64. The van der Waals surface area contributed by atoms with Crippen molar-refractivity contribution < 1.29 is 4.42 Å². The molecule has 3 aromatic heterocycles. The summed E-state index contributed by atoms with van der Waals surface area (Å²) in [6, 6.07) is 7.93. The zero-order valence-electron chi connectivity index (χ0n) is 14.0. The van der Waals surface area contributed by atoms with Gasteiger partial charge in [-0.1, -0.05) is 12.1 Å². The van der Waals surface area contributed by atoms with Gasteiger partial charge in [-0.25, -0.2) is 15.0 Å². The average Bonchev–Trinajstić information content (AvgIpc) is 3.26. The summed E-state index contributed by atoms with van der Waals surface area (Å²) < 4.78 is 7.78. The van der Waals surface area contributed by atoms with Crippen LogP contribution in [0.2, 0.25) is 0 Å². The van der Waals surface area contributed by atoms with E-state index in [-0.39, 0.29) is 5.92 Å². The van der Waals surface area contributed by atoms with E-state index in [9.17, 15) is 0 Å². The molecule has 0 saturated carbocycles. The van der Waals surface area contributed by atoms with E-state index in [1.54, 1.807) is 11.0 Å². The van der Waals surface area contributed by atoms with E-state index >= 15 is 0 Å². The number of aromatic nitrogens is 5. The van der Waals surface area contributed by atoms with Gasteiger partial charge in [-0.15, -0.1) is 0 Å². The zero-order valence-corrected chi connectivity index (χ0v) is 14.0. The van der Waals surface area contributed by atoms with Crippen LogP contribution in [0, 0.1) is 0 Å². The molecule has 5 rings (SSSR count). The second kappa shape index (κ2) is 5.54. The largest absolute Gasteiger partial charge is 0.440 e. The van der Waals surface area contributed by atoms with Gasteiger partial charge in [-0.3, -0.25) is 4.68 Å². The lowest BCUT2D eigenvalue weighted by molar-refractivity contribution is 0.412. The zero-order chi connectivity index (χ0) is 16.8. The van der Waals surface area contributed by atoms with Gasteiger partial charge in [0, 0.05) is 20.1 Å². The maximum Gasteiger partial charge on any atom is 0.200 e. The lowest BCUT2D eigenvalue weighted by Gasteiger charge is -2.32. The summed E-state index contributed by atoms with van der Waals surface area (Å²) >= 11 is 0. The van der Waals surface area contributed by atoms with E-state index in [1.807, 2.05) is 37.5 Å². The number of rotatable bonds is 2. The Balaban J connectivity index is 1.49. The third-order valence-electron chi connectivity index (χ3n) is 4.89. The average molecular weight is 334 g/mol. The van der Waals surface area contributed by atoms with Crippen LogP contribution in [0.1, 0.15) is 24.7 Å². The third-order valence-corrected chi connectivity index (χ3v) is 4.89. The number of nitrogens with zero attached hydrogens (tertiary/aromatic N) is 6. The van der Waals surface area contributed by atoms with Crippen LogP contribution in [0.15, 0.2) is 41.2 Å². The number of fused-ring (bicyclic) bond motifs is 2. The third kappa shape index (κ3) is 2.34. The van der Waals surface area contributed by atoms with Crippen LogP contribution in [0.3, 0.4) is 0 Å². The van der Waals surface area contributed by atoms with Crippen molar-refractivity contribution >= 4 is 28.0 Å². The van der Waals surface area contributed by atoms with Crippen molar-refractivity contribution in [3.8, 4) is 0 Å². The van der Waals surface area contributed by atoms with Crippen molar-refractivity contribution in [2.45, 2.75) is 18.8 Å². The monoisotopic (exact) mass is 334 g/mol. The van der Waals surface area contributed by atoms with Crippen LogP contribution >= 0.6 is 0 Å². The Kier molecular flexibility index (Phi) is 3.19. The summed E-state index contributed by atoms with van der Waals surface area (Å²) in [4.78, 5) is 15.8. The Hall–Kier alpha value is -2.96. The van der Waals surface area contributed by atoms with E-state index in [2.05, 4.69) is 25.0 Å². The Morgan fingerprint density at radius 1 is 1.20 bits per heavy atom. The lowest BCUT2D eigenvalue weighted by Crippen LogP contribution is -2.35. The summed E-state index contributed by atoms with van der Waals surface area (Å²) in [6.07, 6.45) is 5.61. The summed E-state index contributed by atoms with van der Waals surface area (Å²) in [5.41, 5.74) is 2.63.